The van der Waals surface area contributed by atoms with Gasteiger partial charge in [-0.05, 0) is 30.5 Å². The van der Waals surface area contributed by atoms with Crippen LogP contribution in [-0.2, 0) is 0 Å². The zero-order valence-corrected chi connectivity index (χ0v) is 10.4. The topological polar surface area (TPSA) is 35.2 Å². The number of halogens is 1. The summed E-state index contributed by atoms with van der Waals surface area (Å²) in [7, 11) is 0. The van der Waals surface area contributed by atoms with E-state index in [1.165, 1.54) is 5.56 Å². The Labute approximate surface area is 98.2 Å². The Morgan fingerprint density at radius 1 is 1.20 bits per heavy atom. The van der Waals surface area contributed by atoms with Crippen molar-refractivity contribution in [2.75, 3.05) is 6.61 Å². The van der Waals surface area contributed by atoms with Crippen LogP contribution in [0, 0.1) is 5.92 Å². The summed E-state index contributed by atoms with van der Waals surface area (Å²) < 4.78 is 5.36. The lowest BCUT2D eigenvalue weighted by molar-refractivity contribution is 0.340. The molecule has 2 N–H and O–H groups in total. The molecule has 2 nitrogen and oxygen atoms in total. The predicted octanol–water partition coefficient (Wildman–Crippen LogP) is 3.16. The molecule has 1 unspecified atom stereocenters. The summed E-state index contributed by atoms with van der Waals surface area (Å²) in [6, 6.07) is 8.14. The number of hydrogen-bond donors (Lipinski definition) is 1. The Morgan fingerprint density at radius 2 is 1.73 bits per heavy atom. The van der Waals surface area contributed by atoms with Crippen LogP contribution in [-0.4, -0.2) is 6.61 Å². The molecule has 1 aromatic carbocycles. The summed E-state index contributed by atoms with van der Waals surface area (Å²) in [5.74, 6) is 1.38. The molecule has 0 radical (unpaired) electrons. The summed E-state index contributed by atoms with van der Waals surface area (Å²) in [6.45, 7) is 6.94. The molecule has 15 heavy (non-hydrogen) atoms. The van der Waals surface area contributed by atoms with Gasteiger partial charge in [-0.3, -0.25) is 0 Å². The standard InChI is InChI=1S/C12H19NO.ClH/c1-4-14-11-7-5-10(6-8-11)12(13)9(2)3;/h5-9,12H,4,13H2,1-3H3;1H. The van der Waals surface area contributed by atoms with E-state index in [0.717, 1.165) is 5.75 Å². The Hall–Kier alpha value is -0.730. The van der Waals surface area contributed by atoms with Gasteiger partial charge in [-0.2, -0.15) is 0 Å². The summed E-state index contributed by atoms with van der Waals surface area (Å²) in [5.41, 5.74) is 7.19. The van der Waals surface area contributed by atoms with E-state index in [-0.39, 0.29) is 18.4 Å². The molecule has 0 aliphatic heterocycles. The van der Waals surface area contributed by atoms with Crippen molar-refractivity contribution >= 4 is 12.4 Å². The molecule has 0 aliphatic rings. The molecular formula is C12H20ClNO. The summed E-state index contributed by atoms with van der Waals surface area (Å²) in [6.07, 6.45) is 0. The van der Waals surface area contributed by atoms with Crippen LogP contribution in [0.1, 0.15) is 32.4 Å². The highest BCUT2D eigenvalue weighted by molar-refractivity contribution is 5.85. The monoisotopic (exact) mass is 229 g/mol. The second kappa shape index (κ2) is 6.70. The minimum Gasteiger partial charge on any atom is -0.494 e. The lowest BCUT2D eigenvalue weighted by atomic mass is 9.97. The molecule has 0 heterocycles. The fraction of sp³-hybridized carbons (Fsp3) is 0.500. The first-order chi connectivity index (χ1) is 6.65. The molecule has 1 rings (SSSR count). The molecule has 0 saturated carbocycles. The van der Waals surface area contributed by atoms with E-state index >= 15 is 0 Å². The van der Waals surface area contributed by atoms with Crippen LogP contribution < -0.4 is 10.5 Å². The first kappa shape index (κ1) is 14.3. The SMILES string of the molecule is CCOc1ccc(C(N)C(C)C)cc1.Cl. The molecule has 0 spiro atoms. The lowest BCUT2D eigenvalue weighted by Gasteiger charge is -2.16. The molecule has 3 heteroatoms. The van der Waals surface area contributed by atoms with Gasteiger partial charge >= 0.3 is 0 Å². The van der Waals surface area contributed by atoms with Crippen LogP contribution >= 0.6 is 12.4 Å². The maximum Gasteiger partial charge on any atom is 0.119 e. The van der Waals surface area contributed by atoms with Gasteiger partial charge in [-0.15, -0.1) is 12.4 Å². The predicted molar refractivity (Wildman–Crippen MR) is 66.6 cm³/mol. The van der Waals surface area contributed by atoms with Crippen molar-refractivity contribution in [3.63, 3.8) is 0 Å². The van der Waals surface area contributed by atoms with E-state index in [9.17, 15) is 0 Å². The molecule has 1 atom stereocenters. The number of nitrogens with two attached hydrogens (primary N) is 1. The minimum absolute atomic E-state index is 0. The van der Waals surface area contributed by atoms with Gasteiger partial charge in [0.1, 0.15) is 5.75 Å². The minimum atomic E-state index is 0. The third kappa shape index (κ3) is 4.10. The van der Waals surface area contributed by atoms with Crippen LogP contribution in [0.25, 0.3) is 0 Å². The molecule has 1 aromatic rings. The van der Waals surface area contributed by atoms with Crippen LogP contribution in [0.5, 0.6) is 5.75 Å². The Bertz CT molecular complexity index is 271. The van der Waals surface area contributed by atoms with E-state index in [1.807, 2.05) is 31.2 Å². The average Bonchev–Trinajstić information content (AvgIpc) is 2.18. The molecular weight excluding hydrogens is 210 g/mol. The highest BCUT2D eigenvalue weighted by atomic mass is 35.5. The number of ether oxygens (including phenoxy) is 1. The fourth-order valence-electron chi connectivity index (χ4n) is 1.34. The Morgan fingerprint density at radius 3 is 2.13 bits per heavy atom. The molecule has 0 saturated heterocycles. The van der Waals surface area contributed by atoms with E-state index in [1.54, 1.807) is 0 Å². The van der Waals surface area contributed by atoms with Gasteiger partial charge in [0.15, 0.2) is 0 Å². The van der Waals surface area contributed by atoms with E-state index in [0.29, 0.717) is 12.5 Å². The van der Waals surface area contributed by atoms with Gasteiger partial charge in [0, 0.05) is 6.04 Å². The highest BCUT2D eigenvalue weighted by Crippen LogP contribution is 2.21. The number of benzene rings is 1. The van der Waals surface area contributed by atoms with Crippen molar-refractivity contribution in [2.24, 2.45) is 11.7 Å². The summed E-state index contributed by atoms with van der Waals surface area (Å²) >= 11 is 0. The van der Waals surface area contributed by atoms with Crippen LogP contribution in [0.15, 0.2) is 24.3 Å². The van der Waals surface area contributed by atoms with Crippen LogP contribution in [0.4, 0.5) is 0 Å². The van der Waals surface area contributed by atoms with E-state index < -0.39 is 0 Å². The van der Waals surface area contributed by atoms with Gasteiger partial charge in [-0.1, -0.05) is 26.0 Å². The second-order valence-electron chi connectivity index (χ2n) is 3.77. The quantitative estimate of drug-likeness (QED) is 0.861. The third-order valence-corrected chi connectivity index (χ3v) is 2.29. The normalized spacial score (nSPS) is 12.1. The number of rotatable bonds is 4. The molecule has 0 aromatic heterocycles. The first-order valence-electron chi connectivity index (χ1n) is 5.13. The van der Waals surface area contributed by atoms with E-state index in [2.05, 4.69) is 13.8 Å². The first-order valence-corrected chi connectivity index (χ1v) is 5.13. The van der Waals surface area contributed by atoms with Crippen molar-refractivity contribution in [3.05, 3.63) is 29.8 Å². The second-order valence-corrected chi connectivity index (χ2v) is 3.77. The van der Waals surface area contributed by atoms with Crippen LogP contribution in [0.3, 0.4) is 0 Å². The van der Waals surface area contributed by atoms with Crippen LogP contribution in [0.2, 0.25) is 0 Å². The van der Waals surface area contributed by atoms with Crippen molar-refractivity contribution in [1.82, 2.24) is 0 Å². The van der Waals surface area contributed by atoms with Gasteiger partial charge in [0.05, 0.1) is 6.61 Å². The van der Waals surface area contributed by atoms with Gasteiger partial charge in [0.25, 0.3) is 0 Å². The van der Waals surface area contributed by atoms with E-state index in [4.69, 9.17) is 10.5 Å². The maximum absolute atomic E-state index is 6.02. The largest absolute Gasteiger partial charge is 0.494 e. The smallest absolute Gasteiger partial charge is 0.119 e. The molecule has 0 aliphatic carbocycles. The van der Waals surface area contributed by atoms with Crippen molar-refractivity contribution < 1.29 is 4.74 Å². The summed E-state index contributed by atoms with van der Waals surface area (Å²) in [4.78, 5) is 0. The molecule has 0 bridgehead atoms. The lowest BCUT2D eigenvalue weighted by Crippen LogP contribution is -2.16. The zero-order valence-electron chi connectivity index (χ0n) is 9.57. The molecule has 86 valence electrons. The highest BCUT2D eigenvalue weighted by Gasteiger charge is 2.09. The van der Waals surface area contributed by atoms with Crippen molar-refractivity contribution in [2.45, 2.75) is 26.8 Å². The maximum atomic E-state index is 6.02. The zero-order chi connectivity index (χ0) is 10.6. The molecule has 0 amide bonds. The van der Waals surface area contributed by atoms with Gasteiger partial charge in [0.2, 0.25) is 0 Å². The molecule has 0 fully saturated rings. The van der Waals surface area contributed by atoms with Crippen molar-refractivity contribution in [3.8, 4) is 5.75 Å². The fourth-order valence-corrected chi connectivity index (χ4v) is 1.34. The summed E-state index contributed by atoms with van der Waals surface area (Å²) in [5, 5.41) is 0. The Kier molecular flexibility index (Phi) is 6.37. The Balaban J connectivity index is 0.00000196. The van der Waals surface area contributed by atoms with Gasteiger partial charge < -0.3 is 10.5 Å². The van der Waals surface area contributed by atoms with Gasteiger partial charge in [-0.25, -0.2) is 0 Å². The number of hydrogen-bond acceptors (Lipinski definition) is 2. The third-order valence-electron chi connectivity index (χ3n) is 2.29. The van der Waals surface area contributed by atoms with Crippen molar-refractivity contribution in [1.29, 1.82) is 0 Å². The average molecular weight is 230 g/mol.